The summed E-state index contributed by atoms with van der Waals surface area (Å²) in [5, 5.41) is 7.38. The largest absolute Gasteiger partial charge is 0.349 e. The topological polar surface area (TPSA) is 111 Å². The number of hydrogen-bond donors (Lipinski definition) is 1. The van der Waals surface area contributed by atoms with E-state index in [4.69, 9.17) is 81.2 Å². The van der Waals surface area contributed by atoms with Gasteiger partial charge in [-0.05, 0) is 134 Å². The summed E-state index contributed by atoms with van der Waals surface area (Å²) < 4.78 is 54.5. The van der Waals surface area contributed by atoms with Gasteiger partial charge >= 0.3 is 0 Å². The lowest BCUT2D eigenvalue weighted by Gasteiger charge is -2.12. The van der Waals surface area contributed by atoms with E-state index in [1.54, 1.807) is 171 Å². The van der Waals surface area contributed by atoms with Crippen molar-refractivity contribution in [1.82, 2.24) is 12.9 Å². The van der Waals surface area contributed by atoms with E-state index >= 15 is 0 Å². The lowest BCUT2D eigenvalue weighted by atomic mass is 10.1. The molecule has 0 saturated heterocycles. The molecule has 0 aliphatic heterocycles. The minimum atomic E-state index is -3.82. The fourth-order valence-electron chi connectivity index (χ4n) is 7.14. The van der Waals surface area contributed by atoms with Gasteiger partial charge in [-0.3, -0.25) is 4.79 Å². The van der Waals surface area contributed by atoms with Crippen molar-refractivity contribution >= 4 is 163 Å². The highest BCUT2D eigenvalue weighted by molar-refractivity contribution is 8.00. The van der Waals surface area contributed by atoms with Crippen molar-refractivity contribution in [3.05, 3.63) is 211 Å². The number of halogens is 7. The minimum Gasteiger partial charge on any atom is -0.349 e. The molecular weight excluding hydrogens is 1100 g/mol. The number of aromatic amines is 1. The molecule has 0 atom stereocenters. The molecule has 0 unspecified atom stereocenters. The second-order valence-corrected chi connectivity index (χ2v) is 23.7. The first kappa shape index (κ1) is 50.8. The van der Waals surface area contributed by atoms with Crippen molar-refractivity contribution in [3.63, 3.8) is 0 Å². The first-order chi connectivity index (χ1) is 32.9. The predicted molar refractivity (Wildman–Crippen MR) is 286 cm³/mol. The maximum Gasteiger partial charge on any atom is 0.269 e. The molecule has 0 radical (unpaired) electrons. The van der Waals surface area contributed by atoms with Gasteiger partial charge in [0.05, 0.1) is 36.4 Å². The van der Waals surface area contributed by atoms with E-state index in [-0.39, 0.29) is 15.6 Å². The van der Waals surface area contributed by atoms with Gasteiger partial charge in [0.25, 0.3) is 20.0 Å². The van der Waals surface area contributed by atoms with Gasteiger partial charge in [0, 0.05) is 72.8 Å². The third-order valence-corrected chi connectivity index (χ3v) is 17.2. The molecule has 7 aromatic carbocycles. The average molecular weight is 1130 g/mol. The maximum absolute atomic E-state index is 13.4. The summed E-state index contributed by atoms with van der Waals surface area (Å²) in [7, 11) is -7.38. The van der Waals surface area contributed by atoms with Gasteiger partial charge in [-0.15, -0.1) is 0 Å². The van der Waals surface area contributed by atoms with Crippen LogP contribution in [0.15, 0.2) is 200 Å². The molecule has 0 spiro atoms. The van der Waals surface area contributed by atoms with E-state index in [1.165, 1.54) is 31.5 Å². The molecule has 0 aliphatic carbocycles. The SMILES string of the molecule is CC(=O)c1c(Sc2cc(Cl)cc(Cl)c2)[nH]c2ccc(Cl)cc12.O=S(=O)(c1ccccc1)n1c(Sc2cc(Cl)cc(Cl)c2)cc2cc(Cl)ccc21.O=S(=O)(c1ccccc1)n1ccc2cc(Cl)ccc21. The number of nitrogens with one attached hydrogen (secondary N) is 1. The molecule has 0 bridgehead atoms. The third kappa shape index (κ3) is 11.6. The van der Waals surface area contributed by atoms with Crippen LogP contribution < -0.4 is 0 Å². The second kappa shape index (κ2) is 21.4. The van der Waals surface area contributed by atoms with Crippen LogP contribution in [0.25, 0.3) is 32.7 Å². The van der Waals surface area contributed by atoms with Gasteiger partial charge < -0.3 is 4.98 Å². The van der Waals surface area contributed by atoms with E-state index in [0.717, 1.165) is 36.5 Å². The Balaban J connectivity index is 0.000000142. The van der Waals surface area contributed by atoms with Crippen molar-refractivity contribution in [1.29, 1.82) is 0 Å². The van der Waals surface area contributed by atoms with Crippen LogP contribution in [0, 0.1) is 0 Å². The lowest BCUT2D eigenvalue weighted by molar-refractivity contribution is 0.101. The molecule has 3 heterocycles. The number of carbonyl (C=O) groups excluding carboxylic acids is 1. The lowest BCUT2D eigenvalue weighted by Crippen LogP contribution is -2.13. The molecule has 69 heavy (non-hydrogen) atoms. The normalized spacial score (nSPS) is 11.6. The van der Waals surface area contributed by atoms with Crippen LogP contribution in [0.3, 0.4) is 0 Å². The Morgan fingerprint density at radius 1 is 0.493 bits per heavy atom. The van der Waals surface area contributed by atoms with Crippen molar-refractivity contribution < 1.29 is 21.6 Å². The smallest absolute Gasteiger partial charge is 0.269 e. The summed E-state index contributed by atoms with van der Waals surface area (Å²) in [6.07, 6.45) is 1.54. The number of ketones is 1. The van der Waals surface area contributed by atoms with E-state index in [1.807, 2.05) is 6.07 Å². The molecule has 10 aromatic rings. The first-order valence-electron chi connectivity index (χ1n) is 20.2. The first-order valence-corrected chi connectivity index (χ1v) is 27.3. The molecule has 0 fully saturated rings. The van der Waals surface area contributed by atoms with Crippen molar-refractivity contribution in [2.45, 2.75) is 36.6 Å². The van der Waals surface area contributed by atoms with Crippen LogP contribution in [-0.4, -0.2) is 35.5 Å². The number of hydrogen-bond acceptors (Lipinski definition) is 7. The molecule has 3 aromatic heterocycles. The molecule has 10 rings (SSSR count). The van der Waals surface area contributed by atoms with E-state index in [0.29, 0.717) is 56.8 Å². The van der Waals surface area contributed by atoms with Crippen LogP contribution in [-0.2, 0) is 20.0 Å². The minimum absolute atomic E-state index is 0.0239. The summed E-state index contributed by atoms with van der Waals surface area (Å²) in [6, 6.07) is 46.3. The maximum atomic E-state index is 13.4. The van der Waals surface area contributed by atoms with E-state index in [2.05, 4.69) is 4.98 Å². The third-order valence-electron chi connectivity index (χ3n) is 10.1. The fourth-order valence-corrected chi connectivity index (χ4v) is 14.3. The molecule has 350 valence electrons. The zero-order chi connectivity index (χ0) is 49.2. The zero-order valence-electron chi connectivity index (χ0n) is 35.4. The predicted octanol–water partition coefficient (Wildman–Crippen LogP) is 17.0. The number of nitrogens with zero attached hydrogens (tertiary/aromatic N) is 2. The molecule has 0 saturated carbocycles. The Hall–Kier alpha value is -4.54. The number of fused-ring (bicyclic) bond motifs is 3. The highest BCUT2D eigenvalue weighted by atomic mass is 35.5. The average Bonchev–Trinajstić information content (AvgIpc) is 3.99. The number of H-pyrrole nitrogens is 1. The van der Waals surface area contributed by atoms with E-state index < -0.39 is 20.0 Å². The fraction of sp³-hybridized carbons (Fsp3) is 0.0200. The summed E-state index contributed by atoms with van der Waals surface area (Å²) >= 11 is 45.0. The second-order valence-electron chi connectivity index (χ2n) is 14.9. The van der Waals surface area contributed by atoms with Gasteiger partial charge in [0.2, 0.25) is 0 Å². The standard InChI is InChI=1S/C20H12Cl3NO2S2.C16H10Cl3NOS.C14H10ClNO2S/c21-14-6-7-19-13(8-14)9-20(27-17-11-15(22)10-16(23)12-17)24(19)28(25,26)18-4-2-1-3-5-18;1-8(21)15-13-7-9(17)2-3-14(13)20-16(15)22-12-5-10(18)4-11(19)6-12;15-12-6-7-14-11(10-12)8-9-16(14)19(17,18)13-4-2-1-3-5-13/h1-12H;2-7,20H,1H3;1-10H. The van der Waals surface area contributed by atoms with E-state index in [9.17, 15) is 21.6 Å². The number of carbonyl (C=O) groups is 1. The Kier molecular flexibility index (Phi) is 15.8. The van der Waals surface area contributed by atoms with Crippen molar-refractivity contribution in [2.75, 3.05) is 0 Å². The van der Waals surface area contributed by atoms with Gasteiger partial charge in [0.15, 0.2) is 5.78 Å². The van der Waals surface area contributed by atoms with Crippen LogP contribution in [0.1, 0.15) is 17.3 Å². The van der Waals surface area contributed by atoms with Crippen molar-refractivity contribution in [3.8, 4) is 0 Å². The van der Waals surface area contributed by atoms with Crippen LogP contribution in [0.5, 0.6) is 0 Å². The Bertz CT molecular complexity index is 3750. The van der Waals surface area contributed by atoms with Gasteiger partial charge in [-0.2, -0.15) is 0 Å². The monoisotopic (exact) mass is 1130 g/mol. The molecular formula is C50H32Cl7N3O5S4. The summed E-state index contributed by atoms with van der Waals surface area (Å²) in [6.45, 7) is 1.54. The summed E-state index contributed by atoms with van der Waals surface area (Å²) in [5.74, 6) is -0.0239. The Morgan fingerprint density at radius 2 is 0.986 bits per heavy atom. The van der Waals surface area contributed by atoms with Crippen molar-refractivity contribution in [2.24, 2.45) is 0 Å². The van der Waals surface area contributed by atoms with Crippen LogP contribution >= 0.6 is 105 Å². The quantitative estimate of drug-likeness (QED) is 0.143. The van der Waals surface area contributed by atoms with Gasteiger partial charge in [0.1, 0.15) is 0 Å². The number of Topliss-reactive ketones (excluding diaryl/α,β-unsaturated/α-hetero) is 1. The highest BCUT2D eigenvalue weighted by Crippen LogP contribution is 2.40. The number of benzene rings is 7. The Morgan fingerprint density at radius 3 is 1.55 bits per heavy atom. The van der Waals surface area contributed by atoms with Gasteiger partial charge in [-0.1, -0.05) is 141 Å². The Labute approximate surface area is 441 Å². The molecule has 0 aliphatic rings. The molecule has 8 nitrogen and oxygen atoms in total. The highest BCUT2D eigenvalue weighted by Gasteiger charge is 2.24. The summed E-state index contributed by atoms with van der Waals surface area (Å²) in [5.41, 5.74) is 2.65. The zero-order valence-corrected chi connectivity index (χ0v) is 43.9. The van der Waals surface area contributed by atoms with Gasteiger partial charge in [-0.25, -0.2) is 24.8 Å². The van der Waals surface area contributed by atoms with Crippen LogP contribution in [0.2, 0.25) is 35.2 Å². The molecule has 19 heteroatoms. The molecule has 0 amide bonds. The number of rotatable bonds is 9. The number of aromatic nitrogens is 3. The molecule has 1 N–H and O–H groups in total. The summed E-state index contributed by atoms with van der Waals surface area (Å²) in [4.78, 5) is 17.4. The van der Waals surface area contributed by atoms with Crippen LogP contribution in [0.4, 0.5) is 0 Å².